The van der Waals surface area contributed by atoms with Gasteiger partial charge in [-0.3, -0.25) is 4.79 Å². The van der Waals surface area contributed by atoms with E-state index in [1.165, 1.54) is 6.07 Å². The smallest absolute Gasteiger partial charge is 0.320 e. The third-order valence-corrected chi connectivity index (χ3v) is 2.71. The Hall–Kier alpha value is -1.66. The van der Waals surface area contributed by atoms with Crippen molar-refractivity contribution in [3.63, 3.8) is 0 Å². The number of carbonyl (C=O) groups is 1. The van der Waals surface area contributed by atoms with Crippen LogP contribution in [0.15, 0.2) is 6.07 Å². The molecule has 0 bridgehead atoms. The first-order valence-corrected chi connectivity index (χ1v) is 5.17. The molecule has 1 aliphatic heterocycles. The van der Waals surface area contributed by atoms with Crippen LogP contribution in [0, 0.1) is 0 Å². The van der Waals surface area contributed by atoms with Crippen LogP contribution < -0.4 is 15.2 Å². The predicted octanol–water partition coefficient (Wildman–Crippen LogP) is 0.729. The lowest BCUT2D eigenvalue weighted by molar-refractivity contribution is -0.138. The highest BCUT2D eigenvalue weighted by molar-refractivity contribution is 6.32. The van der Waals surface area contributed by atoms with Gasteiger partial charge >= 0.3 is 5.97 Å². The SMILES string of the molecule is NC(Cc1c(O)c(Cl)cc2c1OCO2)C(=O)O. The summed E-state index contributed by atoms with van der Waals surface area (Å²) in [5.74, 6) is -0.728. The average molecular weight is 260 g/mol. The van der Waals surface area contributed by atoms with Crippen molar-refractivity contribution in [3.05, 3.63) is 16.7 Å². The van der Waals surface area contributed by atoms with Crippen molar-refractivity contribution in [1.82, 2.24) is 0 Å². The van der Waals surface area contributed by atoms with Gasteiger partial charge in [-0.05, 0) is 0 Å². The Kier molecular flexibility index (Phi) is 2.99. The summed E-state index contributed by atoms with van der Waals surface area (Å²) in [4.78, 5) is 10.7. The second kappa shape index (κ2) is 4.31. The number of rotatable bonds is 3. The number of phenols is 1. The minimum Gasteiger partial charge on any atom is -0.506 e. The summed E-state index contributed by atoms with van der Waals surface area (Å²) >= 11 is 5.79. The summed E-state index contributed by atoms with van der Waals surface area (Å²) < 4.78 is 10.3. The van der Waals surface area contributed by atoms with Gasteiger partial charge in [-0.15, -0.1) is 0 Å². The first-order valence-electron chi connectivity index (χ1n) is 4.79. The Bertz CT molecular complexity index is 476. The van der Waals surface area contributed by atoms with Crippen molar-refractivity contribution < 1.29 is 24.5 Å². The first kappa shape index (κ1) is 11.8. The van der Waals surface area contributed by atoms with Gasteiger partial charge in [-0.25, -0.2) is 0 Å². The van der Waals surface area contributed by atoms with E-state index in [9.17, 15) is 9.90 Å². The third kappa shape index (κ3) is 2.09. The quantitative estimate of drug-likeness (QED) is 0.740. The van der Waals surface area contributed by atoms with E-state index in [1.807, 2.05) is 0 Å². The van der Waals surface area contributed by atoms with Crippen LogP contribution in [0.4, 0.5) is 0 Å². The molecule has 1 atom stereocenters. The van der Waals surface area contributed by atoms with Crippen molar-refractivity contribution in [3.8, 4) is 17.2 Å². The number of carboxylic acids is 1. The fraction of sp³-hybridized carbons (Fsp3) is 0.300. The molecule has 92 valence electrons. The largest absolute Gasteiger partial charge is 0.506 e. The molecule has 6 nitrogen and oxygen atoms in total. The lowest BCUT2D eigenvalue weighted by Crippen LogP contribution is -2.32. The number of benzene rings is 1. The van der Waals surface area contributed by atoms with Crippen LogP contribution in [-0.2, 0) is 11.2 Å². The molecule has 0 aromatic heterocycles. The van der Waals surface area contributed by atoms with E-state index in [-0.39, 0.29) is 29.5 Å². The number of phenolic OH excluding ortho intramolecular Hbond substituents is 1. The third-order valence-electron chi connectivity index (χ3n) is 2.43. The van der Waals surface area contributed by atoms with Gasteiger partial charge < -0.3 is 25.4 Å². The summed E-state index contributed by atoms with van der Waals surface area (Å²) in [6, 6.07) is 0.266. The molecule has 1 heterocycles. The van der Waals surface area contributed by atoms with E-state index in [2.05, 4.69) is 0 Å². The highest BCUT2D eigenvalue weighted by Gasteiger charge is 2.26. The van der Waals surface area contributed by atoms with E-state index in [1.54, 1.807) is 0 Å². The first-order chi connectivity index (χ1) is 8.00. The van der Waals surface area contributed by atoms with Crippen LogP contribution in [0.5, 0.6) is 17.2 Å². The van der Waals surface area contributed by atoms with Crippen molar-refractivity contribution in [2.75, 3.05) is 6.79 Å². The average Bonchev–Trinajstić information content (AvgIpc) is 2.71. The van der Waals surface area contributed by atoms with E-state index in [0.717, 1.165) is 0 Å². The molecule has 2 rings (SSSR count). The number of aromatic hydroxyl groups is 1. The highest BCUT2D eigenvalue weighted by Crippen LogP contribution is 2.45. The number of hydrogen-bond donors (Lipinski definition) is 3. The number of ether oxygens (including phenoxy) is 2. The number of nitrogens with two attached hydrogens (primary N) is 1. The molecule has 17 heavy (non-hydrogen) atoms. The summed E-state index contributed by atoms with van der Waals surface area (Å²) in [5.41, 5.74) is 5.66. The van der Waals surface area contributed by atoms with Crippen molar-refractivity contribution >= 4 is 17.6 Å². The van der Waals surface area contributed by atoms with Crippen LogP contribution in [0.1, 0.15) is 5.56 Å². The van der Waals surface area contributed by atoms with Crippen molar-refractivity contribution in [1.29, 1.82) is 0 Å². The van der Waals surface area contributed by atoms with Gasteiger partial charge in [0.05, 0.1) is 5.02 Å². The molecule has 0 spiro atoms. The van der Waals surface area contributed by atoms with E-state index in [0.29, 0.717) is 11.5 Å². The van der Waals surface area contributed by atoms with Gasteiger partial charge in [0, 0.05) is 18.1 Å². The van der Waals surface area contributed by atoms with Gasteiger partial charge in [0.25, 0.3) is 0 Å². The minimum atomic E-state index is -1.17. The second-order valence-electron chi connectivity index (χ2n) is 3.57. The lowest BCUT2D eigenvalue weighted by atomic mass is 10.0. The number of fused-ring (bicyclic) bond motifs is 1. The summed E-state index contributed by atoms with van der Waals surface area (Å²) in [6.07, 6.45) is -0.0899. The highest BCUT2D eigenvalue weighted by atomic mass is 35.5. The molecule has 0 aliphatic carbocycles. The second-order valence-corrected chi connectivity index (χ2v) is 3.98. The fourth-order valence-corrected chi connectivity index (χ4v) is 1.78. The number of halogens is 1. The Morgan fingerprint density at radius 1 is 1.59 bits per heavy atom. The Morgan fingerprint density at radius 3 is 2.94 bits per heavy atom. The van der Waals surface area contributed by atoms with Crippen molar-refractivity contribution in [2.45, 2.75) is 12.5 Å². The molecule has 4 N–H and O–H groups in total. The Labute approximate surface area is 102 Å². The van der Waals surface area contributed by atoms with Crippen LogP contribution in [0.25, 0.3) is 0 Å². The molecule has 0 amide bonds. The zero-order valence-corrected chi connectivity index (χ0v) is 9.40. The molecule has 1 aromatic rings. The zero-order chi connectivity index (χ0) is 12.6. The molecule has 0 fully saturated rings. The zero-order valence-electron chi connectivity index (χ0n) is 8.64. The standard InChI is InChI=1S/C10H10ClNO5/c11-5-2-7-9(17-3-16-7)4(8(5)13)1-6(12)10(14)15/h2,6,13H,1,3,12H2,(H,14,15). The monoisotopic (exact) mass is 259 g/mol. The maximum absolute atomic E-state index is 10.7. The van der Waals surface area contributed by atoms with Crippen LogP contribution in [0.2, 0.25) is 5.02 Å². The number of carboxylic acid groups (broad SMARTS) is 1. The molecule has 0 saturated carbocycles. The summed E-state index contributed by atoms with van der Waals surface area (Å²) in [6.45, 7) is 0.00439. The molecular weight excluding hydrogens is 250 g/mol. The summed E-state index contributed by atoms with van der Waals surface area (Å²) in [5, 5.41) is 18.6. The van der Waals surface area contributed by atoms with E-state index in [4.69, 9.17) is 31.9 Å². The molecule has 7 heteroatoms. The molecule has 0 saturated heterocycles. The van der Waals surface area contributed by atoms with Crippen molar-refractivity contribution in [2.24, 2.45) is 5.73 Å². The topological polar surface area (TPSA) is 102 Å². The van der Waals surface area contributed by atoms with Crippen LogP contribution in [-0.4, -0.2) is 29.0 Å². The molecule has 1 aromatic carbocycles. The molecule has 1 unspecified atom stereocenters. The van der Waals surface area contributed by atoms with Crippen LogP contribution >= 0.6 is 11.6 Å². The van der Waals surface area contributed by atoms with Gasteiger partial charge in [0.2, 0.25) is 6.79 Å². The maximum atomic E-state index is 10.7. The van der Waals surface area contributed by atoms with Gasteiger partial charge in [0.1, 0.15) is 11.8 Å². The lowest BCUT2D eigenvalue weighted by Gasteiger charge is -2.12. The molecule has 0 radical (unpaired) electrons. The van der Waals surface area contributed by atoms with Crippen LogP contribution in [0.3, 0.4) is 0 Å². The minimum absolute atomic E-state index is 0.00439. The predicted molar refractivity (Wildman–Crippen MR) is 58.6 cm³/mol. The number of aliphatic carboxylic acids is 1. The van der Waals surface area contributed by atoms with Gasteiger partial charge in [-0.1, -0.05) is 11.6 Å². The van der Waals surface area contributed by atoms with Gasteiger partial charge in [-0.2, -0.15) is 0 Å². The summed E-state index contributed by atoms with van der Waals surface area (Å²) in [7, 11) is 0. The Morgan fingerprint density at radius 2 is 2.29 bits per heavy atom. The molecule has 1 aliphatic rings. The molecular formula is C10H10ClNO5. The Balaban J connectivity index is 2.42. The number of hydrogen-bond acceptors (Lipinski definition) is 5. The van der Waals surface area contributed by atoms with E-state index < -0.39 is 12.0 Å². The maximum Gasteiger partial charge on any atom is 0.320 e. The normalized spacial score (nSPS) is 14.7. The van der Waals surface area contributed by atoms with Gasteiger partial charge in [0.15, 0.2) is 11.5 Å². The fourth-order valence-electron chi connectivity index (χ4n) is 1.56. The van der Waals surface area contributed by atoms with E-state index >= 15 is 0 Å².